The van der Waals surface area contributed by atoms with Crippen LogP contribution >= 0.6 is 11.6 Å². The molecule has 4 aromatic rings. The van der Waals surface area contributed by atoms with Gasteiger partial charge in [0.15, 0.2) is 11.5 Å². The van der Waals surface area contributed by atoms with Gasteiger partial charge in [0, 0.05) is 33.7 Å². The normalized spacial score (nSPS) is 11.4. The molecule has 0 aliphatic carbocycles. The Morgan fingerprint density at radius 1 is 1.00 bits per heavy atom. The second-order valence-electron chi connectivity index (χ2n) is 9.39. The van der Waals surface area contributed by atoms with Crippen LogP contribution < -0.4 is 23.9 Å². The van der Waals surface area contributed by atoms with Crippen molar-refractivity contribution in [1.29, 1.82) is 0 Å². The van der Waals surface area contributed by atoms with E-state index in [1.165, 1.54) is 38.6 Å². The summed E-state index contributed by atoms with van der Waals surface area (Å²) in [7, 11) is -1.35. The number of carbonyl (C=O) groups is 1. The second kappa shape index (κ2) is 13.7. The number of aryl methyl sites for hydroxylation is 1. The van der Waals surface area contributed by atoms with E-state index in [9.17, 15) is 13.2 Å². The maximum Gasteiger partial charge on any atom is 0.264 e. The molecule has 0 saturated heterocycles. The molecule has 10 nitrogen and oxygen atoms in total. The molecule has 3 aromatic carbocycles. The Morgan fingerprint density at radius 3 is 2.37 bits per heavy atom. The first-order valence-electron chi connectivity index (χ1n) is 13.3. The number of methoxy groups -OCH3 is 2. The molecule has 0 radical (unpaired) electrons. The highest BCUT2D eigenvalue weighted by Crippen LogP contribution is 2.32. The van der Waals surface area contributed by atoms with Crippen molar-refractivity contribution in [1.82, 2.24) is 9.99 Å². The molecule has 1 aromatic heterocycles. The molecule has 43 heavy (non-hydrogen) atoms. The van der Waals surface area contributed by atoms with E-state index in [0.29, 0.717) is 23.1 Å². The summed E-state index contributed by atoms with van der Waals surface area (Å²) in [5, 5.41) is 4.73. The van der Waals surface area contributed by atoms with Crippen molar-refractivity contribution in [3.63, 3.8) is 0 Å². The first-order valence-corrected chi connectivity index (χ1v) is 15.1. The summed E-state index contributed by atoms with van der Waals surface area (Å²) in [4.78, 5) is 13.0. The molecule has 226 valence electrons. The van der Waals surface area contributed by atoms with Gasteiger partial charge in [-0.2, -0.15) is 5.10 Å². The van der Waals surface area contributed by atoms with Crippen molar-refractivity contribution in [3.05, 3.63) is 94.8 Å². The number of rotatable bonds is 12. The highest BCUT2D eigenvalue weighted by Gasteiger charge is 2.28. The molecule has 0 saturated carbocycles. The lowest BCUT2D eigenvalue weighted by molar-refractivity contribution is -0.119. The van der Waals surface area contributed by atoms with Gasteiger partial charge in [-0.1, -0.05) is 17.7 Å². The van der Waals surface area contributed by atoms with Crippen LogP contribution in [0.5, 0.6) is 17.2 Å². The Morgan fingerprint density at radius 2 is 1.72 bits per heavy atom. The molecule has 0 atom stereocenters. The smallest absolute Gasteiger partial charge is 0.264 e. The van der Waals surface area contributed by atoms with Gasteiger partial charge in [0.2, 0.25) is 0 Å². The molecule has 0 spiro atoms. The fourth-order valence-electron chi connectivity index (χ4n) is 4.57. The quantitative estimate of drug-likeness (QED) is 0.164. The lowest BCUT2D eigenvalue weighted by atomic mass is 10.2. The first kappa shape index (κ1) is 31.5. The van der Waals surface area contributed by atoms with E-state index in [1.54, 1.807) is 30.3 Å². The second-order valence-corrected chi connectivity index (χ2v) is 11.7. The number of anilines is 1. The molecule has 0 aliphatic heterocycles. The van der Waals surface area contributed by atoms with Crippen molar-refractivity contribution >= 4 is 39.4 Å². The number of benzene rings is 3. The zero-order valence-electron chi connectivity index (χ0n) is 24.5. The largest absolute Gasteiger partial charge is 0.494 e. The number of hydrogen-bond donors (Lipinski definition) is 1. The van der Waals surface area contributed by atoms with Crippen LogP contribution in [0.1, 0.15) is 23.9 Å². The zero-order valence-corrected chi connectivity index (χ0v) is 26.1. The van der Waals surface area contributed by atoms with Crippen molar-refractivity contribution in [3.8, 4) is 22.9 Å². The van der Waals surface area contributed by atoms with Gasteiger partial charge in [0.05, 0.1) is 37.6 Å². The predicted molar refractivity (Wildman–Crippen MR) is 168 cm³/mol. The number of nitrogens with zero attached hydrogens (tertiary/aromatic N) is 3. The predicted octanol–water partition coefficient (Wildman–Crippen LogP) is 5.51. The van der Waals surface area contributed by atoms with E-state index in [0.717, 1.165) is 26.9 Å². The summed E-state index contributed by atoms with van der Waals surface area (Å²) >= 11 is 6.18. The van der Waals surface area contributed by atoms with Gasteiger partial charge in [-0.05, 0) is 81.4 Å². The summed E-state index contributed by atoms with van der Waals surface area (Å²) in [6.07, 6.45) is 1.52. The summed E-state index contributed by atoms with van der Waals surface area (Å²) in [5.74, 6) is 0.535. The van der Waals surface area contributed by atoms with Crippen LogP contribution in [0, 0.1) is 13.8 Å². The summed E-state index contributed by atoms with van der Waals surface area (Å²) < 4.78 is 46.8. The van der Waals surface area contributed by atoms with Gasteiger partial charge in [-0.25, -0.2) is 13.8 Å². The Labute approximate surface area is 256 Å². The summed E-state index contributed by atoms with van der Waals surface area (Å²) in [6, 6.07) is 20.1. The van der Waals surface area contributed by atoms with Crippen molar-refractivity contribution in [2.24, 2.45) is 5.10 Å². The highest BCUT2D eigenvalue weighted by atomic mass is 35.5. The van der Waals surface area contributed by atoms with Crippen molar-refractivity contribution < 1.29 is 27.4 Å². The molecule has 1 N–H and O–H groups in total. The van der Waals surface area contributed by atoms with Gasteiger partial charge in [-0.3, -0.25) is 9.10 Å². The standard InChI is InChI=1S/C31H33ClN4O6S/c1-6-42-27-12-10-25(11-13-27)35(43(38,39)28-14-15-29(40-4)30(18-28)41-5)20-31(37)34-33-19-23-16-21(2)36(22(23)3)26-9-7-8-24(32)17-26/h7-19H,6,20H2,1-5H3,(H,34,37)/b33-19-. The van der Waals surface area contributed by atoms with Crippen molar-refractivity contribution in [2.75, 3.05) is 31.7 Å². The summed E-state index contributed by atoms with van der Waals surface area (Å²) in [6.45, 7) is 5.65. The lowest BCUT2D eigenvalue weighted by Crippen LogP contribution is -2.39. The topological polar surface area (TPSA) is 111 Å². The average molecular weight is 625 g/mol. The number of ether oxygens (including phenoxy) is 3. The van der Waals surface area contributed by atoms with Gasteiger partial charge in [0.1, 0.15) is 12.3 Å². The first-order chi connectivity index (χ1) is 20.6. The van der Waals surface area contributed by atoms with E-state index in [-0.39, 0.29) is 16.3 Å². The number of sulfonamides is 1. The van der Waals surface area contributed by atoms with E-state index in [2.05, 4.69) is 10.5 Å². The monoisotopic (exact) mass is 624 g/mol. The molecule has 0 bridgehead atoms. The molecular formula is C31H33ClN4O6S. The Hall–Kier alpha value is -4.48. The number of hydrogen-bond acceptors (Lipinski definition) is 7. The average Bonchev–Trinajstić information content (AvgIpc) is 3.28. The van der Waals surface area contributed by atoms with E-state index in [4.69, 9.17) is 25.8 Å². The number of amides is 1. The Kier molecular flexibility index (Phi) is 9.99. The van der Waals surface area contributed by atoms with Crippen LogP contribution in [-0.4, -0.2) is 52.5 Å². The summed E-state index contributed by atoms with van der Waals surface area (Å²) in [5.41, 5.74) is 6.25. The SMILES string of the molecule is CCOc1ccc(N(CC(=O)N/N=C\c2cc(C)n(-c3cccc(Cl)c3)c2C)S(=O)(=O)c2ccc(OC)c(OC)c2)cc1. The fourth-order valence-corrected chi connectivity index (χ4v) is 6.19. The van der Waals surface area contributed by atoms with Crippen LogP contribution in [-0.2, 0) is 14.8 Å². The minimum atomic E-state index is -4.22. The minimum absolute atomic E-state index is 0.0798. The maximum absolute atomic E-state index is 13.9. The van der Waals surface area contributed by atoms with Gasteiger partial charge < -0.3 is 18.8 Å². The number of carbonyl (C=O) groups excluding carboxylic acids is 1. The van der Waals surface area contributed by atoms with Gasteiger partial charge in [0.25, 0.3) is 15.9 Å². The molecular weight excluding hydrogens is 592 g/mol. The molecule has 0 aliphatic rings. The molecule has 0 fully saturated rings. The van der Waals surface area contributed by atoms with Crippen LogP contribution in [0.3, 0.4) is 0 Å². The van der Waals surface area contributed by atoms with E-state index < -0.39 is 22.5 Å². The third-order valence-electron chi connectivity index (χ3n) is 6.60. The van der Waals surface area contributed by atoms with Gasteiger partial charge in [-0.15, -0.1) is 0 Å². The highest BCUT2D eigenvalue weighted by molar-refractivity contribution is 7.92. The third-order valence-corrected chi connectivity index (χ3v) is 8.60. The number of nitrogens with one attached hydrogen (secondary N) is 1. The van der Waals surface area contributed by atoms with E-state index in [1.807, 2.05) is 49.6 Å². The number of aromatic nitrogens is 1. The van der Waals surface area contributed by atoms with Gasteiger partial charge >= 0.3 is 0 Å². The Bertz CT molecular complexity index is 1740. The van der Waals surface area contributed by atoms with E-state index >= 15 is 0 Å². The Balaban J connectivity index is 1.59. The van der Waals surface area contributed by atoms with Crippen molar-refractivity contribution in [2.45, 2.75) is 25.7 Å². The lowest BCUT2D eigenvalue weighted by Gasteiger charge is -2.24. The number of halogens is 1. The molecule has 0 unspecified atom stereocenters. The molecule has 4 rings (SSSR count). The molecule has 1 amide bonds. The van der Waals surface area contributed by atoms with Crippen LogP contribution in [0.2, 0.25) is 5.02 Å². The maximum atomic E-state index is 13.9. The molecule has 1 heterocycles. The minimum Gasteiger partial charge on any atom is -0.494 e. The van der Waals surface area contributed by atoms with Crippen LogP contribution in [0.4, 0.5) is 5.69 Å². The zero-order chi connectivity index (χ0) is 31.1. The van der Waals surface area contributed by atoms with Crippen LogP contribution in [0.25, 0.3) is 5.69 Å². The number of hydrazone groups is 1. The molecule has 12 heteroatoms. The fraction of sp³-hybridized carbons (Fsp3) is 0.226. The third kappa shape index (κ3) is 7.12. The van der Waals surface area contributed by atoms with Crippen LogP contribution in [0.15, 0.2) is 82.8 Å².